The average molecular weight is 303 g/mol. The van der Waals surface area contributed by atoms with Crippen molar-refractivity contribution in [2.75, 3.05) is 7.11 Å². The molecule has 22 heavy (non-hydrogen) atoms. The summed E-state index contributed by atoms with van der Waals surface area (Å²) in [6, 6.07) is 8.02. The molecule has 4 nitrogen and oxygen atoms in total. The zero-order valence-corrected chi connectivity index (χ0v) is 13.3. The van der Waals surface area contributed by atoms with E-state index in [9.17, 15) is 9.90 Å². The highest BCUT2D eigenvalue weighted by Crippen LogP contribution is 2.49. The molecule has 1 atom stereocenters. The van der Waals surface area contributed by atoms with Crippen LogP contribution in [0.3, 0.4) is 0 Å². The van der Waals surface area contributed by atoms with Gasteiger partial charge >= 0.3 is 0 Å². The number of nitrogens with one attached hydrogen (secondary N) is 1. The van der Waals surface area contributed by atoms with E-state index in [0.29, 0.717) is 5.92 Å². The molecule has 1 aromatic rings. The van der Waals surface area contributed by atoms with E-state index in [0.717, 1.165) is 43.4 Å². The van der Waals surface area contributed by atoms with E-state index in [1.165, 1.54) is 0 Å². The number of amides is 1. The molecule has 0 unspecified atom stereocenters. The third kappa shape index (κ3) is 2.72. The Labute approximate surface area is 131 Å². The molecule has 0 aliphatic heterocycles. The first kappa shape index (κ1) is 15.3. The van der Waals surface area contributed by atoms with E-state index in [1.54, 1.807) is 7.11 Å². The molecule has 0 spiro atoms. The topological polar surface area (TPSA) is 58.6 Å². The van der Waals surface area contributed by atoms with E-state index in [2.05, 4.69) is 12.2 Å². The van der Waals surface area contributed by atoms with Gasteiger partial charge in [0.15, 0.2) is 0 Å². The Balaban J connectivity index is 1.67. The summed E-state index contributed by atoms with van der Waals surface area (Å²) in [6.45, 7) is 2.10. The number of rotatable bonds is 6. The first-order chi connectivity index (χ1) is 10.6. The van der Waals surface area contributed by atoms with Crippen molar-refractivity contribution >= 4 is 5.91 Å². The van der Waals surface area contributed by atoms with Crippen LogP contribution in [0.5, 0.6) is 5.75 Å². The van der Waals surface area contributed by atoms with Gasteiger partial charge in [0.25, 0.3) is 0 Å². The highest BCUT2D eigenvalue weighted by Gasteiger charge is 2.52. The summed E-state index contributed by atoms with van der Waals surface area (Å²) >= 11 is 0. The summed E-state index contributed by atoms with van der Waals surface area (Å²) in [5, 5.41) is 12.7. The van der Waals surface area contributed by atoms with Crippen LogP contribution in [0.2, 0.25) is 0 Å². The van der Waals surface area contributed by atoms with Crippen LogP contribution in [0.25, 0.3) is 0 Å². The lowest BCUT2D eigenvalue weighted by atomic mass is 9.76. The molecule has 4 heteroatoms. The summed E-state index contributed by atoms with van der Waals surface area (Å²) in [5.41, 5.74) is 0.733. The number of carbonyl (C=O) groups is 1. The first-order valence-electron chi connectivity index (χ1n) is 8.22. The van der Waals surface area contributed by atoms with E-state index in [1.807, 2.05) is 24.3 Å². The molecule has 2 aliphatic carbocycles. The van der Waals surface area contributed by atoms with Gasteiger partial charge < -0.3 is 15.2 Å². The standard InChI is InChI=1S/C18H25NO3/c1-3-16(12-10-14(20)11-12)19-17(21)18(8-9-18)13-4-6-15(22-2)7-5-13/h4-7,12,14,16,20H,3,8-11H2,1-2H3,(H,19,21)/t12?,14?,16-/m1/s1. The van der Waals surface area contributed by atoms with Gasteiger partial charge in [-0.15, -0.1) is 0 Å². The summed E-state index contributed by atoms with van der Waals surface area (Å²) in [4.78, 5) is 12.8. The van der Waals surface area contributed by atoms with E-state index in [4.69, 9.17) is 4.74 Å². The number of aliphatic hydroxyl groups is 1. The van der Waals surface area contributed by atoms with Gasteiger partial charge in [0, 0.05) is 6.04 Å². The zero-order valence-electron chi connectivity index (χ0n) is 13.3. The van der Waals surface area contributed by atoms with Crippen molar-refractivity contribution < 1.29 is 14.6 Å². The Morgan fingerprint density at radius 1 is 1.36 bits per heavy atom. The van der Waals surface area contributed by atoms with Gasteiger partial charge in [-0.05, 0) is 55.7 Å². The second kappa shape index (κ2) is 5.92. The maximum atomic E-state index is 12.8. The number of ether oxygens (including phenoxy) is 1. The van der Waals surface area contributed by atoms with Crippen molar-refractivity contribution in [2.45, 2.75) is 56.6 Å². The van der Waals surface area contributed by atoms with Gasteiger partial charge in [-0.3, -0.25) is 4.79 Å². The predicted molar refractivity (Wildman–Crippen MR) is 84.9 cm³/mol. The minimum atomic E-state index is -0.345. The molecule has 0 bridgehead atoms. The molecule has 0 heterocycles. The van der Waals surface area contributed by atoms with Crippen LogP contribution in [0, 0.1) is 5.92 Å². The number of methoxy groups -OCH3 is 1. The average Bonchev–Trinajstić information content (AvgIpc) is 3.31. The second-order valence-corrected chi connectivity index (χ2v) is 6.68. The van der Waals surface area contributed by atoms with Crippen LogP contribution in [-0.2, 0) is 10.2 Å². The van der Waals surface area contributed by atoms with Crippen LogP contribution in [-0.4, -0.2) is 30.3 Å². The van der Waals surface area contributed by atoms with Gasteiger partial charge in [0.2, 0.25) is 5.91 Å². The molecule has 120 valence electrons. The van der Waals surface area contributed by atoms with E-state index in [-0.39, 0.29) is 23.5 Å². The molecule has 2 saturated carbocycles. The van der Waals surface area contributed by atoms with Gasteiger partial charge in [-0.2, -0.15) is 0 Å². The Hall–Kier alpha value is -1.55. The Morgan fingerprint density at radius 3 is 2.45 bits per heavy atom. The van der Waals surface area contributed by atoms with Gasteiger partial charge in [-0.1, -0.05) is 19.1 Å². The minimum Gasteiger partial charge on any atom is -0.497 e. The SMILES string of the molecule is CC[C@@H](NC(=O)C1(c2ccc(OC)cc2)CC1)C1CC(O)C1. The molecule has 2 aliphatic rings. The molecular weight excluding hydrogens is 278 g/mol. The van der Waals surface area contributed by atoms with Crippen LogP contribution in [0.1, 0.15) is 44.6 Å². The molecular formula is C18H25NO3. The zero-order chi connectivity index (χ0) is 15.7. The normalized spacial score (nSPS) is 26.7. The third-order valence-electron chi connectivity index (χ3n) is 5.30. The minimum absolute atomic E-state index is 0.144. The van der Waals surface area contributed by atoms with Crippen molar-refractivity contribution in [1.29, 1.82) is 0 Å². The van der Waals surface area contributed by atoms with Crippen molar-refractivity contribution in [3.05, 3.63) is 29.8 Å². The fraction of sp³-hybridized carbons (Fsp3) is 0.611. The number of carbonyl (C=O) groups excluding carboxylic acids is 1. The fourth-order valence-electron chi connectivity index (χ4n) is 3.50. The highest BCUT2D eigenvalue weighted by molar-refractivity contribution is 5.91. The maximum Gasteiger partial charge on any atom is 0.230 e. The summed E-state index contributed by atoms with van der Waals surface area (Å²) in [6.07, 6.45) is 4.20. The van der Waals surface area contributed by atoms with Crippen LogP contribution >= 0.6 is 0 Å². The summed E-state index contributed by atoms with van der Waals surface area (Å²) in [7, 11) is 1.65. The lowest BCUT2D eigenvalue weighted by molar-refractivity contribution is -0.125. The van der Waals surface area contributed by atoms with E-state index >= 15 is 0 Å². The lowest BCUT2D eigenvalue weighted by Gasteiger charge is -2.38. The van der Waals surface area contributed by atoms with Crippen molar-refractivity contribution in [3.8, 4) is 5.75 Å². The Morgan fingerprint density at radius 2 is 2.00 bits per heavy atom. The first-order valence-corrected chi connectivity index (χ1v) is 8.22. The maximum absolute atomic E-state index is 12.8. The van der Waals surface area contributed by atoms with Crippen molar-refractivity contribution in [2.24, 2.45) is 5.92 Å². The molecule has 0 saturated heterocycles. The number of hydrogen-bond acceptors (Lipinski definition) is 3. The number of benzene rings is 1. The molecule has 1 amide bonds. The van der Waals surface area contributed by atoms with Crippen LogP contribution in [0.4, 0.5) is 0 Å². The monoisotopic (exact) mass is 303 g/mol. The smallest absolute Gasteiger partial charge is 0.230 e. The second-order valence-electron chi connectivity index (χ2n) is 6.68. The van der Waals surface area contributed by atoms with Crippen LogP contribution < -0.4 is 10.1 Å². The lowest BCUT2D eigenvalue weighted by Crippen LogP contribution is -2.49. The quantitative estimate of drug-likeness (QED) is 0.848. The number of aliphatic hydroxyl groups excluding tert-OH is 1. The predicted octanol–water partition coefficient (Wildman–Crippen LogP) is 2.39. The van der Waals surface area contributed by atoms with Gasteiger partial charge in [-0.25, -0.2) is 0 Å². The highest BCUT2D eigenvalue weighted by atomic mass is 16.5. The van der Waals surface area contributed by atoms with Crippen molar-refractivity contribution in [3.63, 3.8) is 0 Å². The third-order valence-corrected chi connectivity index (χ3v) is 5.30. The Bertz CT molecular complexity index is 530. The Kier molecular flexibility index (Phi) is 4.13. The molecule has 1 aromatic carbocycles. The summed E-state index contributed by atoms with van der Waals surface area (Å²) in [5.74, 6) is 1.39. The van der Waals surface area contributed by atoms with Crippen molar-refractivity contribution in [1.82, 2.24) is 5.32 Å². The molecule has 2 N–H and O–H groups in total. The van der Waals surface area contributed by atoms with Gasteiger partial charge in [0.05, 0.1) is 18.6 Å². The largest absolute Gasteiger partial charge is 0.497 e. The van der Waals surface area contributed by atoms with E-state index < -0.39 is 0 Å². The molecule has 0 aromatic heterocycles. The van der Waals surface area contributed by atoms with Gasteiger partial charge in [0.1, 0.15) is 5.75 Å². The summed E-state index contributed by atoms with van der Waals surface area (Å²) < 4.78 is 5.18. The van der Waals surface area contributed by atoms with Crippen LogP contribution in [0.15, 0.2) is 24.3 Å². The number of hydrogen-bond donors (Lipinski definition) is 2. The molecule has 3 rings (SSSR count). The molecule has 0 radical (unpaired) electrons. The molecule has 2 fully saturated rings. The fourth-order valence-corrected chi connectivity index (χ4v) is 3.50.